The highest BCUT2D eigenvalue weighted by Gasteiger charge is 2.16. The maximum Gasteiger partial charge on any atom is 0.247 e. The molecule has 10 nitrogen and oxygen atoms in total. The monoisotopic (exact) mass is 482 g/mol. The number of anilines is 4. The SMILES string of the molecule is C=CC(=O)Nc1ccnc(-c2cccc3cnc(Nc4ccc(N[C@H]5CCNC5)nc4OC)nc23)c1. The highest BCUT2D eigenvalue weighted by Crippen LogP contribution is 2.30. The van der Waals surface area contributed by atoms with Crippen LogP contribution in [0.3, 0.4) is 0 Å². The smallest absolute Gasteiger partial charge is 0.247 e. The maximum atomic E-state index is 11.7. The van der Waals surface area contributed by atoms with Gasteiger partial charge in [-0.15, -0.1) is 0 Å². The van der Waals surface area contributed by atoms with E-state index in [4.69, 9.17) is 9.72 Å². The highest BCUT2D eigenvalue weighted by atomic mass is 16.5. The second-order valence-electron chi connectivity index (χ2n) is 8.27. The van der Waals surface area contributed by atoms with Crippen molar-refractivity contribution in [2.75, 3.05) is 36.1 Å². The molecule has 1 aliphatic rings. The van der Waals surface area contributed by atoms with Crippen LogP contribution in [0.15, 0.2) is 67.5 Å². The van der Waals surface area contributed by atoms with Crippen molar-refractivity contribution in [2.45, 2.75) is 12.5 Å². The fraction of sp³-hybridized carbons (Fsp3) is 0.192. The van der Waals surface area contributed by atoms with E-state index < -0.39 is 0 Å². The van der Waals surface area contributed by atoms with Gasteiger partial charge in [-0.25, -0.2) is 9.97 Å². The number of nitrogens with one attached hydrogen (secondary N) is 4. The second-order valence-corrected chi connectivity index (χ2v) is 8.27. The summed E-state index contributed by atoms with van der Waals surface area (Å²) in [5, 5.41) is 13.6. The molecule has 10 heteroatoms. The topological polar surface area (TPSA) is 126 Å². The van der Waals surface area contributed by atoms with Gasteiger partial charge in [-0.3, -0.25) is 9.78 Å². The number of benzene rings is 1. The molecule has 1 aliphatic heterocycles. The van der Waals surface area contributed by atoms with Gasteiger partial charge in [0.1, 0.15) is 11.5 Å². The Balaban J connectivity index is 1.44. The number of fused-ring (bicyclic) bond motifs is 1. The number of carbonyl (C=O) groups excluding carboxylic acids is 1. The molecule has 0 bridgehead atoms. The lowest BCUT2D eigenvalue weighted by Crippen LogP contribution is -2.22. The van der Waals surface area contributed by atoms with Gasteiger partial charge >= 0.3 is 0 Å². The van der Waals surface area contributed by atoms with Crippen LogP contribution in [-0.4, -0.2) is 52.1 Å². The lowest BCUT2D eigenvalue weighted by Gasteiger charge is -2.15. The third-order valence-electron chi connectivity index (χ3n) is 5.81. The summed E-state index contributed by atoms with van der Waals surface area (Å²) in [6.45, 7) is 5.40. The van der Waals surface area contributed by atoms with Gasteiger partial charge in [0.2, 0.25) is 17.7 Å². The third kappa shape index (κ3) is 5.08. The van der Waals surface area contributed by atoms with Crippen LogP contribution in [0.25, 0.3) is 22.2 Å². The molecule has 0 aliphatic carbocycles. The fourth-order valence-electron chi connectivity index (χ4n) is 4.05. The van der Waals surface area contributed by atoms with Crippen molar-refractivity contribution >= 4 is 40.0 Å². The number of amides is 1. The van der Waals surface area contributed by atoms with Crippen LogP contribution in [0.4, 0.5) is 23.1 Å². The quantitative estimate of drug-likeness (QED) is 0.278. The number of ether oxygens (including phenoxy) is 1. The maximum absolute atomic E-state index is 11.7. The zero-order chi connectivity index (χ0) is 24.9. The van der Waals surface area contributed by atoms with Crippen molar-refractivity contribution in [2.24, 2.45) is 0 Å². The Morgan fingerprint density at radius 3 is 2.92 bits per heavy atom. The standard InChI is InChI=1S/C26H26N8O2/c1-3-23(35)31-17-10-12-28-21(13-17)19-6-4-5-16-14-29-26(34-24(16)19)32-20-7-8-22(33-25(20)36-2)30-18-9-11-27-15-18/h3-8,10,12-14,18,27H,1,9,11,15H2,2H3,(H,30,33)(H,28,31,35)(H,29,32,34)/t18-/m0/s1. The predicted molar refractivity (Wildman–Crippen MR) is 141 cm³/mol. The second kappa shape index (κ2) is 10.4. The molecule has 1 aromatic carbocycles. The summed E-state index contributed by atoms with van der Waals surface area (Å²) in [7, 11) is 1.58. The van der Waals surface area contributed by atoms with E-state index in [9.17, 15) is 4.79 Å². The van der Waals surface area contributed by atoms with E-state index in [0.29, 0.717) is 40.5 Å². The van der Waals surface area contributed by atoms with Gasteiger partial charge in [-0.2, -0.15) is 4.98 Å². The van der Waals surface area contributed by atoms with Crippen LogP contribution >= 0.6 is 0 Å². The number of methoxy groups -OCH3 is 1. The van der Waals surface area contributed by atoms with Gasteiger partial charge in [-0.1, -0.05) is 24.8 Å². The van der Waals surface area contributed by atoms with Crippen molar-refractivity contribution in [3.8, 4) is 17.1 Å². The van der Waals surface area contributed by atoms with E-state index in [-0.39, 0.29) is 5.91 Å². The Bertz CT molecular complexity index is 1420. The van der Waals surface area contributed by atoms with Gasteiger partial charge in [-0.05, 0) is 43.3 Å². The molecule has 4 heterocycles. The Morgan fingerprint density at radius 1 is 1.19 bits per heavy atom. The summed E-state index contributed by atoms with van der Waals surface area (Å²) >= 11 is 0. The number of rotatable bonds is 8. The number of nitrogens with zero attached hydrogens (tertiary/aromatic N) is 4. The molecule has 182 valence electrons. The molecule has 0 saturated carbocycles. The van der Waals surface area contributed by atoms with Crippen molar-refractivity contribution in [3.05, 3.63) is 67.5 Å². The Kier molecular flexibility index (Phi) is 6.67. The zero-order valence-corrected chi connectivity index (χ0v) is 19.8. The molecule has 1 fully saturated rings. The molecule has 0 radical (unpaired) electrons. The van der Waals surface area contributed by atoms with Crippen LogP contribution in [0.1, 0.15) is 6.42 Å². The molecule has 1 atom stereocenters. The summed E-state index contributed by atoms with van der Waals surface area (Å²) in [4.78, 5) is 30.0. The van der Waals surface area contributed by atoms with Crippen molar-refractivity contribution in [1.29, 1.82) is 0 Å². The average Bonchev–Trinajstić information content (AvgIpc) is 3.42. The van der Waals surface area contributed by atoms with Crippen LogP contribution in [-0.2, 0) is 4.79 Å². The number of hydrogen-bond donors (Lipinski definition) is 4. The first-order valence-corrected chi connectivity index (χ1v) is 11.6. The number of carbonyl (C=O) groups is 1. The molecule has 4 aromatic rings. The molecule has 1 saturated heterocycles. The third-order valence-corrected chi connectivity index (χ3v) is 5.81. The number of pyridine rings is 2. The first-order valence-electron chi connectivity index (χ1n) is 11.6. The van der Waals surface area contributed by atoms with Gasteiger partial charge in [0.25, 0.3) is 0 Å². The molecule has 4 N–H and O–H groups in total. The summed E-state index contributed by atoms with van der Waals surface area (Å²) in [5.74, 6) is 1.30. The summed E-state index contributed by atoms with van der Waals surface area (Å²) < 4.78 is 5.52. The highest BCUT2D eigenvalue weighted by molar-refractivity contribution is 5.99. The molecule has 0 unspecified atom stereocenters. The van der Waals surface area contributed by atoms with Crippen LogP contribution in [0.2, 0.25) is 0 Å². The molecule has 5 rings (SSSR count). The molecule has 0 spiro atoms. The van der Waals surface area contributed by atoms with Crippen LogP contribution < -0.4 is 26.0 Å². The largest absolute Gasteiger partial charge is 0.479 e. The molecule has 36 heavy (non-hydrogen) atoms. The number of para-hydroxylation sites is 1. The lowest BCUT2D eigenvalue weighted by molar-refractivity contribution is -0.111. The van der Waals surface area contributed by atoms with E-state index in [1.54, 1.807) is 31.6 Å². The molecule has 3 aromatic heterocycles. The minimum atomic E-state index is -0.289. The Labute approximate surface area is 208 Å². The minimum absolute atomic E-state index is 0.289. The van der Waals surface area contributed by atoms with Gasteiger partial charge in [0.15, 0.2) is 0 Å². The first kappa shape index (κ1) is 23.2. The van der Waals surface area contributed by atoms with E-state index >= 15 is 0 Å². The summed E-state index contributed by atoms with van der Waals surface area (Å²) in [6, 6.07) is 13.5. The van der Waals surface area contributed by atoms with Crippen molar-refractivity contribution in [3.63, 3.8) is 0 Å². The van der Waals surface area contributed by atoms with Gasteiger partial charge in [0, 0.05) is 41.6 Å². The van der Waals surface area contributed by atoms with Gasteiger partial charge in [0.05, 0.1) is 18.3 Å². The molecule has 1 amide bonds. The number of aromatic nitrogens is 4. The summed E-state index contributed by atoms with van der Waals surface area (Å²) in [5.41, 5.74) is 3.46. The van der Waals surface area contributed by atoms with E-state index in [0.717, 1.165) is 36.3 Å². The van der Waals surface area contributed by atoms with Crippen LogP contribution in [0.5, 0.6) is 5.88 Å². The minimum Gasteiger partial charge on any atom is -0.479 e. The van der Waals surface area contributed by atoms with Crippen molar-refractivity contribution in [1.82, 2.24) is 25.3 Å². The molecular formula is C26H26N8O2. The Morgan fingerprint density at radius 2 is 2.11 bits per heavy atom. The summed E-state index contributed by atoms with van der Waals surface area (Å²) in [6.07, 6.45) is 5.66. The number of hydrogen-bond acceptors (Lipinski definition) is 9. The van der Waals surface area contributed by atoms with E-state index in [1.165, 1.54) is 6.08 Å². The van der Waals surface area contributed by atoms with E-state index in [2.05, 4.69) is 42.8 Å². The van der Waals surface area contributed by atoms with Gasteiger partial charge < -0.3 is 26.0 Å². The van der Waals surface area contributed by atoms with Crippen molar-refractivity contribution < 1.29 is 9.53 Å². The normalized spacial score (nSPS) is 14.9. The first-order chi connectivity index (χ1) is 17.6. The zero-order valence-electron chi connectivity index (χ0n) is 19.8. The molecular weight excluding hydrogens is 456 g/mol. The van der Waals surface area contributed by atoms with Crippen LogP contribution in [0, 0.1) is 0 Å². The predicted octanol–water partition coefficient (Wildman–Crippen LogP) is 3.74. The fourth-order valence-corrected chi connectivity index (χ4v) is 4.05. The van der Waals surface area contributed by atoms with E-state index in [1.807, 2.05) is 30.3 Å². The lowest BCUT2D eigenvalue weighted by atomic mass is 10.1. The Hall–Kier alpha value is -4.57. The average molecular weight is 483 g/mol.